The number of carbonyl (C=O) groups excluding carboxylic acids is 1. The third-order valence-corrected chi connectivity index (χ3v) is 4.19. The van der Waals surface area contributed by atoms with Gasteiger partial charge in [0.2, 0.25) is 0 Å². The van der Waals surface area contributed by atoms with Crippen LogP contribution >= 0.6 is 0 Å². The summed E-state index contributed by atoms with van der Waals surface area (Å²) >= 11 is 0. The first-order valence-corrected chi connectivity index (χ1v) is 8.23. The van der Waals surface area contributed by atoms with Crippen molar-refractivity contribution in [2.75, 3.05) is 18.5 Å². The van der Waals surface area contributed by atoms with E-state index in [-0.39, 0.29) is 17.9 Å². The molecule has 126 valence electrons. The number of likely N-dealkylation sites (tertiary alicyclic amines) is 1. The van der Waals surface area contributed by atoms with E-state index in [0.29, 0.717) is 13.2 Å². The van der Waals surface area contributed by atoms with Crippen LogP contribution in [0.5, 0.6) is 5.75 Å². The second-order valence-electron chi connectivity index (χ2n) is 5.79. The van der Waals surface area contributed by atoms with E-state index in [9.17, 15) is 9.18 Å². The van der Waals surface area contributed by atoms with Gasteiger partial charge < -0.3 is 15.0 Å². The summed E-state index contributed by atoms with van der Waals surface area (Å²) in [6.07, 6.45) is 1.83. The lowest BCUT2D eigenvalue weighted by Crippen LogP contribution is -2.34. The standard InChI is InChI=1S/C19H21FN2O2/c1-2-24-17-11-9-16(10-12-17)21-19(23)22-13-3-4-18(22)14-5-7-15(20)8-6-14/h5-12,18H,2-4,13H2,1H3,(H,21,23)/t18-/m1/s1. The molecule has 0 radical (unpaired) electrons. The van der Waals surface area contributed by atoms with Gasteiger partial charge in [0.15, 0.2) is 0 Å². The number of hydrogen-bond acceptors (Lipinski definition) is 2. The largest absolute Gasteiger partial charge is 0.494 e. The Kier molecular flexibility index (Phi) is 4.99. The Morgan fingerprint density at radius 2 is 1.92 bits per heavy atom. The molecule has 0 aromatic heterocycles. The van der Waals surface area contributed by atoms with Crippen LogP contribution in [0, 0.1) is 5.82 Å². The second-order valence-corrected chi connectivity index (χ2v) is 5.79. The minimum Gasteiger partial charge on any atom is -0.494 e. The summed E-state index contributed by atoms with van der Waals surface area (Å²) in [4.78, 5) is 14.4. The molecule has 0 bridgehead atoms. The molecule has 1 aliphatic rings. The van der Waals surface area contributed by atoms with Crippen LogP contribution in [0.3, 0.4) is 0 Å². The maximum atomic E-state index is 13.1. The van der Waals surface area contributed by atoms with Crippen LogP contribution < -0.4 is 10.1 Å². The molecule has 1 aliphatic heterocycles. The van der Waals surface area contributed by atoms with Crippen molar-refractivity contribution in [3.8, 4) is 5.75 Å². The average molecular weight is 328 g/mol. The van der Waals surface area contributed by atoms with Crippen LogP contribution in [0.1, 0.15) is 31.4 Å². The fourth-order valence-electron chi connectivity index (χ4n) is 3.04. The fraction of sp³-hybridized carbons (Fsp3) is 0.316. The van der Waals surface area contributed by atoms with Gasteiger partial charge in [-0.1, -0.05) is 12.1 Å². The van der Waals surface area contributed by atoms with E-state index in [1.54, 1.807) is 12.1 Å². The van der Waals surface area contributed by atoms with Gasteiger partial charge in [-0.25, -0.2) is 9.18 Å². The Morgan fingerprint density at radius 3 is 2.58 bits per heavy atom. The first kappa shape index (κ1) is 16.3. The molecule has 24 heavy (non-hydrogen) atoms. The highest BCUT2D eigenvalue weighted by molar-refractivity contribution is 5.89. The third kappa shape index (κ3) is 3.67. The first-order valence-electron chi connectivity index (χ1n) is 8.23. The predicted octanol–water partition coefficient (Wildman–Crippen LogP) is 4.59. The summed E-state index contributed by atoms with van der Waals surface area (Å²) in [5, 5.41) is 2.92. The summed E-state index contributed by atoms with van der Waals surface area (Å²) in [7, 11) is 0. The zero-order valence-electron chi connectivity index (χ0n) is 13.7. The molecule has 1 saturated heterocycles. The average Bonchev–Trinajstić information content (AvgIpc) is 3.07. The molecule has 0 unspecified atom stereocenters. The summed E-state index contributed by atoms with van der Waals surface area (Å²) in [6, 6.07) is 13.6. The van der Waals surface area contributed by atoms with Crippen LogP contribution in [0.2, 0.25) is 0 Å². The van der Waals surface area contributed by atoms with E-state index in [4.69, 9.17) is 4.74 Å². The number of nitrogens with zero attached hydrogens (tertiary/aromatic N) is 1. The minimum atomic E-state index is -0.262. The predicted molar refractivity (Wildman–Crippen MR) is 91.7 cm³/mol. The highest BCUT2D eigenvalue weighted by Gasteiger charge is 2.29. The molecule has 4 nitrogen and oxygen atoms in total. The summed E-state index contributed by atoms with van der Waals surface area (Å²) < 4.78 is 18.5. The molecule has 3 rings (SSSR count). The van der Waals surface area contributed by atoms with Crippen molar-refractivity contribution < 1.29 is 13.9 Å². The van der Waals surface area contributed by atoms with Crippen molar-refractivity contribution in [3.63, 3.8) is 0 Å². The lowest BCUT2D eigenvalue weighted by atomic mass is 10.0. The van der Waals surface area contributed by atoms with Crippen molar-refractivity contribution >= 4 is 11.7 Å². The molecule has 1 atom stereocenters. The number of carbonyl (C=O) groups is 1. The molecule has 5 heteroatoms. The van der Waals surface area contributed by atoms with Crippen molar-refractivity contribution in [3.05, 3.63) is 59.9 Å². The molecule has 1 fully saturated rings. The minimum absolute atomic E-state index is 0.00621. The van der Waals surface area contributed by atoms with Crippen LogP contribution in [-0.4, -0.2) is 24.1 Å². The van der Waals surface area contributed by atoms with Crippen molar-refractivity contribution in [2.24, 2.45) is 0 Å². The normalized spacial score (nSPS) is 16.9. The number of ether oxygens (including phenoxy) is 1. The highest BCUT2D eigenvalue weighted by atomic mass is 19.1. The monoisotopic (exact) mass is 328 g/mol. The van der Waals surface area contributed by atoms with Gasteiger partial charge in [-0.15, -0.1) is 0 Å². The molecule has 2 amide bonds. The van der Waals surface area contributed by atoms with Gasteiger partial charge in [-0.05, 0) is 61.7 Å². The number of urea groups is 1. The van der Waals surface area contributed by atoms with E-state index < -0.39 is 0 Å². The maximum Gasteiger partial charge on any atom is 0.322 e. The molecule has 0 aliphatic carbocycles. The zero-order valence-corrected chi connectivity index (χ0v) is 13.7. The van der Waals surface area contributed by atoms with Gasteiger partial charge in [0.05, 0.1) is 12.6 Å². The lowest BCUT2D eigenvalue weighted by Gasteiger charge is -2.25. The number of benzene rings is 2. The molecule has 0 saturated carbocycles. The Morgan fingerprint density at radius 1 is 1.21 bits per heavy atom. The Hall–Kier alpha value is -2.56. The van der Waals surface area contributed by atoms with E-state index in [0.717, 1.165) is 29.8 Å². The van der Waals surface area contributed by atoms with Crippen molar-refractivity contribution in [2.45, 2.75) is 25.8 Å². The topological polar surface area (TPSA) is 41.6 Å². The SMILES string of the molecule is CCOc1ccc(NC(=O)N2CCC[C@@H]2c2ccc(F)cc2)cc1. The van der Waals surface area contributed by atoms with Crippen LogP contribution in [0.15, 0.2) is 48.5 Å². The Balaban J connectivity index is 1.68. The smallest absolute Gasteiger partial charge is 0.322 e. The number of rotatable bonds is 4. The molecular formula is C19H21FN2O2. The fourth-order valence-corrected chi connectivity index (χ4v) is 3.04. The summed E-state index contributed by atoms with van der Waals surface area (Å²) in [6.45, 7) is 3.24. The number of nitrogens with one attached hydrogen (secondary N) is 1. The third-order valence-electron chi connectivity index (χ3n) is 4.19. The zero-order chi connectivity index (χ0) is 16.9. The van der Waals surface area contributed by atoms with Crippen molar-refractivity contribution in [1.29, 1.82) is 0 Å². The van der Waals surface area contributed by atoms with E-state index in [2.05, 4.69) is 5.32 Å². The first-order chi connectivity index (χ1) is 11.7. The molecule has 1 heterocycles. The van der Waals surface area contributed by atoms with Crippen LogP contribution in [0.25, 0.3) is 0 Å². The number of amides is 2. The van der Waals surface area contributed by atoms with Gasteiger partial charge in [0, 0.05) is 12.2 Å². The lowest BCUT2D eigenvalue weighted by molar-refractivity contribution is 0.207. The quantitative estimate of drug-likeness (QED) is 0.891. The Bertz CT molecular complexity index is 686. The molecular weight excluding hydrogens is 307 g/mol. The molecule has 2 aromatic carbocycles. The van der Waals surface area contributed by atoms with Crippen molar-refractivity contribution in [1.82, 2.24) is 4.90 Å². The maximum absolute atomic E-state index is 13.1. The van der Waals surface area contributed by atoms with E-state index in [1.165, 1.54) is 12.1 Å². The van der Waals surface area contributed by atoms with Gasteiger partial charge in [-0.3, -0.25) is 0 Å². The molecule has 0 spiro atoms. The van der Waals surface area contributed by atoms with Gasteiger partial charge >= 0.3 is 6.03 Å². The van der Waals surface area contributed by atoms with Crippen LogP contribution in [-0.2, 0) is 0 Å². The molecule has 2 aromatic rings. The number of halogens is 1. The van der Waals surface area contributed by atoms with E-state index >= 15 is 0 Å². The summed E-state index contributed by atoms with van der Waals surface area (Å²) in [5.41, 5.74) is 1.70. The van der Waals surface area contributed by atoms with Crippen LogP contribution in [0.4, 0.5) is 14.9 Å². The highest BCUT2D eigenvalue weighted by Crippen LogP contribution is 2.32. The van der Waals surface area contributed by atoms with Gasteiger partial charge in [0.25, 0.3) is 0 Å². The molecule has 1 N–H and O–H groups in total. The summed E-state index contributed by atoms with van der Waals surface area (Å²) in [5.74, 6) is 0.517. The number of anilines is 1. The second kappa shape index (κ2) is 7.34. The number of hydrogen-bond donors (Lipinski definition) is 1. The van der Waals surface area contributed by atoms with Gasteiger partial charge in [-0.2, -0.15) is 0 Å². The van der Waals surface area contributed by atoms with E-state index in [1.807, 2.05) is 36.1 Å². The Labute approximate surface area is 141 Å². The van der Waals surface area contributed by atoms with Gasteiger partial charge in [0.1, 0.15) is 11.6 Å².